The van der Waals surface area contributed by atoms with Crippen molar-refractivity contribution in [2.24, 2.45) is 0 Å². The molecule has 3 nitrogen and oxygen atoms in total. The molecule has 0 aliphatic rings. The molecule has 0 aliphatic heterocycles. The van der Waals surface area contributed by atoms with Gasteiger partial charge in [0.15, 0.2) is 0 Å². The lowest BCUT2D eigenvalue weighted by molar-refractivity contribution is -0.415. The molecular formula is C7H15N2O+. The number of unbranched alkanes of at least 4 members (excludes halogenated alkanes) is 2. The minimum Gasteiger partial charge on any atom is -0.359 e. The maximum Gasteiger partial charge on any atom is 0.207 e. The second-order valence-electron chi connectivity index (χ2n) is 2.06. The van der Waals surface area contributed by atoms with Crippen LogP contribution >= 0.6 is 0 Å². The zero-order valence-corrected chi connectivity index (χ0v) is 6.39. The van der Waals surface area contributed by atoms with E-state index >= 15 is 0 Å². The summed E-state index contributed by atoms with van der Waals surface area (Å²) in [5, 5.41) is 2.61. The molecule has 1 amide bonds. The van der Waals surface area contributed by atoms with Crippen LogP contribution in [0.2, 0.25) is 0 Å². The highest BCUT2D eigenvalue weighted by atomic mass is 16.2. The summed E-state index contributed by atoms with van der Waals surface area (Å²) in [6.07, 6.45) is 6.00. The number of amides is 1. The van der Waals surface area contributed by atoms with Crippen molar-refractivity contribution in [3.8, 4) is 0 Å². The molecule has 2 N–H and O–H groups in total. The van der Waals surface area contributed by atoms with Gasteiger partial charge in [-0.15, -0.1) is 0 Å². The summed E-state index contributed by atoms with van der Waals surface area (Å²) in [5.41, 5.74) is 0. The first-order chi connectivity index (χ1) is 4.91. The van der Waals surface area contributed by atoms with Crippen molar-refractivity contribution in [2.75, 3.05) is 13.6 Å². The maximum absolute atomic E-state index is 9.76. The predicted octanol–water partition coefficient (Wildman–Crippen LogP) is -1.32. The summed E-state index contributed by atoms with van der Waals surface area (Å²) in [7, 11) is 1.89. The van der Waals surface area contributed by atoms with Crippen molar-refractivity contribution in [3.63, 3.8) is 0 Å². The van der Waals surface area contributed by atoms with E-state index in [4.69, 9.17) is 0 Å². The second kappa shape index (κ2) is 8.14. The highest BCUT2D eigenvalue weighted by molar-refractivity contribution is 5.49. The van der Waals surface area contributed by atoms with E-state index in [1.165, 1.54) is 0 Å². The van der Waals surface area contributed by atoms with Crippen LogP contribution in [0.15, 0.2) is 0 Å². The lowest BCUT2D eigenvalue weighted by atomic mass is 10.2. The van der Waals surface area contributed by atoms with Crippen LogP contribution < -0.4 is 10.3 Å². The Morgan fingerprint density at radius 3 is 2.90 bits per heavy atom. The normalized spacial score (nSPS) is 10.1. The molecular weight excluding hydrogens is 130 g/mol. The zero-order valence-electron chi connectivity index (χ0n) is 6.39. The van der Waals surface area contributed by atoms with Gasteiger partial charge in [0.25, 0.3) is 0 Å². The van der Waals surface area contributed by atoms with E-state index in [2.05, 4.69) is 10.3 Å². The molecule has 0 aliphatic carbocycles. The van der Waals surface area contributed by atoms with E-state index in [1.807, 2.05) is 13.3 Å². The third kappa shape index (κ3) is 7.14. The molecule has 0 aromatic heterocycles. The Hall–Kier alpha value is -0.860. The SMILES string of the molecule is [13CH3][NH+]=CCCCCN[13CH]=O. The molecule has 0 saturated carbocycles. The van der Waals surface area contributed by atoms with Crippen molar-refractivity contribution in [3.05, 3.63) is 0 Å². The molecule has 0 rings (SSSR count). The van der Waals surface area contributed by atoms with Crippen LogP contribution in [-0.2, 0) is 4.79 Å². The quantitative estimate of drug-likeness (QED) is 0.207. The van der Waals surface area contributed by atoms with Gasteiger partial charge in [0.05, 0.1) is 0 Å². The van der Waals surface area contributed by atoms with E-state index in [0.717, 1.165) is 32.2 Å². The van der Waals surface area contributed by atoms with Crippen molar-refractivity contribution < 1.29 is 9.79 Å². The van der Waals surface area contributed by atoms with E-state index in [1.54, 1.807) is 0 Å². The molecule has 0 unspecified atom stereocenters. The highest BCUT2D eigenvalue weighted by Gasteiger charge is 1.85. The Balaban J connectivity index is 2.83. The molecule has 0 atom stereocenters. The monoisotopic (exact) mass is 145 g/mol. The Morgan fingerprint density at radius 1 is 1.50 bits per heavy atom. The number of hydrogen-bond acceptors (Lipinski definition) is 1. The minimum absolute atomic E-state index is 0.738. The van der Waals surface area contributed by atoms with Gasteiger partial charge in [-0.1, -0.05) is 0 Å². The second-order valence-corrected chi connectivity index (χ2v) is 2.06. The average molecular weight is 145 g/mol. The number of rotatable bonds is 6. The fourth-order valence-electron chi connectivity index (χ4n) is 0.677. The van der Waals surface area contributed by atoms with Crippen LogP contribution in [0.5, 0.6) is 0 Å². The van der Waals surface area contributed by atoms with Crippen molar-refractivity contribution >= 4 is 12.6 Å². The predicted molar refractivity (Wildman–Crippen MR) is 40.9 cm³/mol. The van der Waals surface area contributed by atoms with Crippen LogP contribution in [0, 0.1) is 0 Å². The summed E-state index contributed by atoms with van der Waals surface area (Å²) in [5.74, 6) is 0. The number of hydrogen-bond donors (Lipinski definition) is 2. The van der Waals surface area contributed by atoms with Gasteiger partial charge in [0, 0.05) is 13.0 Å². The molecule has 0 spiro atoms. The topological polar surface area (TPSA) is 43.1 Å². The Morgan fingerprint density at radius 2 is 2.30 bits per heavy atom. The third-order valence-electron chi connectivity index (χ3n) is 1.21. The van der Waals surface area contributed by atoms with Crippen molar-refractivity contribution in [1.82, 2.24) is 5.32 Å². The number of carbonyl (C=O) groups excluding carboxylic acids is 1. The summed E-state index contributed by atoms with van der Waals surface area (Å²) in [6.45, 7) is 0.793. The average Bonchev–Trinajstić information content (AvgIpc) is 1.97. The molecule has 0 radical (unpaired) electrons. The molecule has 10 heavy (non-hydrogen) atoms. The molecule has 0 aromatic rings. The fourth-order valence-corrected chi connectivity index (χ4v) is 0.677. The van der Waals surface area contributed by atoms with Crippen molar-refractivity contribution in [2.45, 2.75) is 19.3 Å². The van der Waals surface area contributed by atoms with E-state index in [-0.39, 0.29) is 0 Å². The fraction of sp³-hybridized carbons (Fsp3) is 0.714. The minimum atomic E-state index is 0.738. The van der Waals surface area contributed by atoms with Gasteiger partial charge in [-0.3, -0.25) is 9.79 Å². The van der Waals surface area contributed by atoms with Crippen molar-refractivity contribution in [1.29, 1.82) is 0 Å². The van der Waals surface area contributed by atoms with Crippen LogP contribution in [0.1, 0.15) is 19.3 Å². The molecule has 3 heteroatoms. The summed E-state index contributed by atoms with van der Waals surface area (Å²) in [4.78, 5) is 12.7. The Bertz CT molecular complexity index is 102. The van der Waals surface area contributed by atoms with Crippen LogP contribution in [0.3, 0.4) is 0 Å². The molecule has 0 fully saturated rings. The van der Waals surface area contributed by atoms with Gasteiger partial charge < -0.3 is 5.32 Å². The van der Waals surface area contributed by atoms with Gasteiger partial charge >= 0.3 is 0 Å². The lowest BCUT2D eigenvalue weighted by Crippen LogP contribution is -2.62. The molecule has 0 heterocycles. The molecule has 0 aromatic carbocycles. The Labute approximate surface area is 61.5 Å². The van der Waals surface area contributed by atoms with Gasteiger partial charge in [-0.2, -0.15) is 0 Å². The smallest absolute Gasteiger partial charge is 0.207 e. The first-order valence-corrected chi connectivity index (χ1v) is 3.57. The number of carbonyl (C=O) groups is 1. The largest absolute Gasteiger partial charge is 0.359 e. The lowest BCUT2D eigenvalue weighted by Gasteiger charge is -1.93. The maximum atomic E-state index is 9.76. The van der Waals surface area contributed by atoms with Gasteiger partial charge in [0.2, 0.25) is 6.41 Å². The van der Waals surface area contributed by atoms with E-state index in [9.17, 15) is 4.79 Å². The van der Waals surface area contributed by atoms with E-state index in [0.29, 0.717) is 0 Å². The zero-order chi connectivity index (χ0) is 7.66. The summed E-state index contributed by atoms with van der Waals surface area (Å²) >= 11 is 0. The van der Waals surface area contributed by atoms with Gasteiger partial charge in [-0.05, 0) is 12.8 Å². The van der Waals surface area contributed by atoms with Crippen LogP contribution in [0.25, 0.3) is 0 Å². The van der Waals surface area contributed by atoms with Gasteiger partial charge in [0.1, 0.15) is 13.3 Å². The molecule has 58 valence electrons. The first-order valence-electron chi connectivity index (χ1n) is 3.57. The van der Waals surface area contributed by atoms with Crippen LogP contribution in [0.4, 0.5) is 0 Å². The summed E-state index contributed by atoms with van der Waals surface area (Å²) in [6, 6.07) is 0. The highest BCUT2D eigenvalue weighted by Crippen LogP contribution is 1.87. The van der Waals surface area contributed by atoms with E-state index < -0.39 is 0 Å². The summed E-state index contributed by atoms with van der Waals surface area (Å²) < 4.78 is 0. The van der Waals surface area contributed by atoms with Gasteiger partial charge in [-0.25, -0.2) is 0 Å². The first kappa shape index (κ1) is 9.14. The third-order valence-corrected chi connectivity index (χ3v) is 1.21. The van der Waals surface area contributed by atoms with Crippen LogP contribution in [-0.4, -0.2) is 26.2 Å². The number of nitrogens with one attached hydrogen (secondary N) is 2. The molecule has 0 bridgehead atoms. The standard InChI is InChI=1S/C7H14N2O/c1-8-5-3-2-4-6-9-7-10/h5,7H,2-4,6H2,1H3,(H,9,10)/p+1/i1+1,7+1. The Kier molecular flexibility index (Phi) is 7.44. The molecule has 0 saturated heterocycles.